The van der Waals surface area contributed by atoms with E-state index in [9.17, 15) is 4.79 Å². The molecule has 1 aromatic carbocycles. The molecule has 0 aliphatic carbocycles. The second kappa shape index (κ2) is 6.95. The molecule has 2 aromatic rings. The van der Waals surface area contributed by atoms with Crippen LogP contribution in [0.15, 0.2) is 41.0 Å². The molecule has 1 atom stereocenters. The summed E-state index contributed by atoms with van der Waals surface area (Å²) < 4.78 is 5.61. The van der Waals surface area contributed by atoms with Crippen molar-refractivity contribution < 1.29 is 14.3 Å². The van der Waals surface area contributed by atoms with E-state index >= 15 is 0 Å². The number of nitrogens with zero attached hydrogens (tertiary/aromatic N) is 1. The van der Waals surface area contributed by atoms with Gasteiger partial charge in [-0.1, -0.05) is 35.3 Å². The first-order valence-corrected chi connectivity index (χ1v) is 8.27. The number of likely N-dealkylation sites (tertiary alicyclic amines) is 1. The molecule has 23 heavy (non-hydrogen) atoms. The van der Waals surface area contributed by atoms with Crippen LogP contribution < -0.4 is 0 Å². The molecule has 1 fully saturated rings. The predicted molar refractivity (Wildman–Crippen MR) is 88.9 cm³/mol. The Labute approximate surface area is 144 Å². The van der Waals surface area contributed by atoms with Gasteiger partial charge in [-0.05, 0) is 49.7 Å². The minimum Gasteiger partial charge on any atom is -0.481 e. The number of carboxylic acid groups (broad SMARTS) is 1. The molecule has 0 radical (unpaired) electrons. The van der Waals surface area contributed by atoms with Gasteiger partial charge in [-0.3, -0.25) is 9.69 Å². The number of carbonyl (C=O) groups is 1. The van der Waals surface area contributed by atoms with E-state index in [-0.39, 0.29) is 12.0 Å². The number of aliphatic carboxylic acids is 1. The van der Waals surface area contributed by atoms with E-state index in [0.717, 1.165) is 11.3 Å². The smallest absolute Gasteiger partial charge is 0.306 e. The molecule has 122 valence electrons. The highest BCUT2D eigenvalue weighted by atomic mass is 35.5. The van der Waals surface area contributed by atoms with Gasteiger partial charge in [-0.25, -0.2) is 0 Å². The Morgan fingerprint density at radius 2 is 1.96 bits per heavy atom. The van der Waals surface area contributed by atoms with Gasteiger partial charge in [0.15, 0.2) is 0 Å². The molecule has 0 saturated carbocycles. The molecule has 0 amide bonds. The maximum absolute atomic E-state index is 11.2. The summed E-state index contributed by atoms with van der Waals surface area (Å²) in [5.41, 5.74) is 0.878. The first-order valence-electron chi connectivity index (χ1n) is 7.52. The van der Waals surface area contributed by atoms with Gasteiger partial charge in [-0.15, -0.1) is 0 Å². The largest absolute Gasteiger partial charge is 0.481 e. The lowest BCUT2D eigenvalue weighted by Crippen LogP contribution is -2.39. The van der Waals surface area contributed by atoms with Gasteiger partial charge in [0.1, 0.15) is 5.76 Å². The number of rotatable bonds is 4. The zero-order valence-electron chi connectivity index (χ0n) is 12.4. The third-order valence-corrected chi connectivity index (χ3v) is 5.17. The van der Waals surface area contributed by atoms with Gasteiger partial charge in [-0.2, -0.15) is 0 Å². The summed E-state index contributed by atoms with van der Waals surface area (Å²) >= 11 is 12.6. The molecule has 1 saturated heterocycles. The number of carboxylic acids is 1. The van der Waals surface area contributed by atoms with Crippen LogP contribution in [0.25, 0.3) is 0 Å². The third-order valence-electron chi connectivity index (χ3n) is 4.33. The quantitative estimate of drug-likeness (QED) is 0.880. The monoisotopic (exact) mass is 353 g/mol. The van der Waals surface area contributed by atoms with Gasteiger partial charge in [0, 0.05) is 0 Å². The number of furan rings is 1. The molecule has 0 spiro atoms. The molecule has 6 heteroatoms. The standard InChI is InChI=1S/C17H17Cl2NO3/c18-13-4-1-3-12(15(13)19)16(14-5-2-10-23-14)20-8-6-11(7-9-20)17(21)22/h1-5,10-11,16H,6-9H2,(H,21,22). The third kappa shape index (κ3) is 3.39. The maximum Gasteiger partial charge on any atom is 0.306 e. The summed E-state index contributed by atoms with van der Waals surface area (Å²) in [5.74, 6) is -0.221. The molecule has 1 unspecified atom stereocenters. The van der Waals surface area contributed by atoms with Crippen LogP contribution in [0.1, 0.15) is 30.2 Å². The number of halogens is 2. The lowest BCUT2D eigenvalue weighted by molar-refractivity contribution is -0.143. The van der Waals surface area contributed by atoms with Crippen LogP contribution in [0.5, 0.6) is 0 Å². The second-order valence-corrected chi connectivity index (χ2v) is 6.49. The highest BCUT2D eigenvalue weighted by Gasteiger charge is 2.32. The summed E-state index contributed by atoms with van der Waals surface area (Å²) in [4.78, 5) is 13.4. The van der Waals surface area contributed by atoms with Crippen molar-refractivity contribution >= 4 is 29.2 Å². The van der Waals surface area contributed by atoms with Crippen molar-refractivity contribution in [2.45, 2.75) is 18.9 Å². The van der Waals surface area contributed by atoms with Crippen molar-refractivity contribution in [2.75, 3.05) is 13.1 Å². The number of benzene rings is 1. The second-order valence-electron chi connectivity index (χ2n) is 5.71. The fraction of sp³-hybridized carbons (Fsp3) is 0.353. The maximum atomic E-state index is 11.2. The van der Waals surface area contributed by atoms with Crippen LogP contribution in [0.4, 0.5) is 0 Å². The fourth-order valence-electron chi connectivity index (χ4n) is 3.11. The number of piperidine rings is 1. The summed E-state index contributed by atoms with van der Waals surface area (Å²) in [6, 6.07) is 9.14. The zero-order chi connectivity index (χ0) is 16.4. The molecule has 1 aliphatic heterocycles. The van der Waals surface area contributed by atoms with Crippen molar-refractivity contribution in [1.29, 1.82) is 0 Å². The van der Waals surface area contributed by atoms with Gasteiger partial charge >= 0.3 is 5.97 Å². The molecule has 1 aromatic heterocycles. The van der Waals surface area contributed by atoms with Gasteiger partial charge in [0.2, 0.25) is 0 Å². The minimum atomic E-state index is -0.722. The zero-order valence-corrected chi connectivity index (χ0v) is 13.9. The number of hydrogen-bond donors (Lipinski definition) is 1. The van der Waals surface area contributed by atoms with Gasteiger partial charge in [0.05, 0.1) is 28.3 Å². The Hall–Kier alpha value is -1.49. The minimum absolute atomic E-state index is 0.161. The Morgan fingerprint density at radius 1 is 1.22 bits per heavy atom. The molecule has 3 rings (SSSR count). The van der Waals surface area contributed by atoms with Gasteiger partial charge < -0.3 is 9.52 Å². The lowest BCUT2D eigenvalue weighted by atomic mass is 9.93. The van der Waals surface area contributed by atoms with E-state index in [1.54, 1.807) is 12.3 Å². The molecule has 0 bridgehead atoms. The average Bonchev–Trinajstić information content (AvgIpc) is 3.06. The topological polar surface area (TPSA) is 53.7 Å². The molecule has 4 nitrogen and oxygen atoms in total. The van der Waals surface area contributed by atoms with Crippen LogP contribution in [0, 0.1) is 5.92 Å². The van der Waals surface area contributed by atoms with Crippen molar-refractivity contribution in [2.24, 2.45) is 5.92 Å². The van der Waals surface area contributed by atoms with Crippen molar-refractivity contribution in [3.63, 3.8) is 0 Å². The SMILES string of the molecule is O=C(O)C1CCN(C(c2ccco2)c2cccc(Cl)c2Cl)CC1. The predicted octanol–water partition coefficient (Wildman–Crippen LogP) is 4.47. The van der Waals surface area contributed by atoms with E-state index < -0.39 is 5.97 Å². The van der Waals surface area contributed by atoms with Crippen LogP contribution in [-0.2, 0) is 4.79 Å². The van der Waals surface area contributed by atoms with E-state index in [4.69, 9.17) is 32.7 Å². The van der Waals surface area contributed by atoms with E-state index in [0.29, 0.717) is 36.0 Å². The summed E-state index contributed by atoms with van der Waals surface area (Å²) in [7, 11) is 0. The fourth-order valence-corrected chi connectivity index (χ4v) is 3.52. The van der Waals surface area contributed by atoms with Crippen LogP contribution in [-0.4, -0.2) is 29.1 Å². The molecule has 2 heterocycles. The number of hydrogen-bond acceptors (Lipinski definition) is 3. The Morgan fingerprint density at radius 3 is 2.57 bits per heavy atom. The van der Waals surface area contributed by atoms with Gasteiger partial charge in [0.25, 0.3) is 0 Å². The van der Waals surface area contributed by atoms with E-state index in [1.807, 2.05) is 24.3 Å². The Kier molecular flexibility index (Phi) is 4.95. The highest BCUT2D eigenvalue weighted by molar-refractivity contribution is 6.42. The first-order chi connectivity index (χ1) is 11.1. The highest BCUT2D eigenvalue weighted by Crippen LogP contribution is 2.38. The summed E-state index contributed by atoms with van der Waals surface area (Å²) in [6.45, 7) is 1.34. The van der Waals surface area contributed by atoms with Crippen LogP contribution in [0.2, 0.25) is 10.0 Å². The Balaban J connectivity index is 1.92. The average molecular weight is 354 g/mol. The molecule has 1 N–H and O–H groups in total. The van der Waals surface area contributed by atoms with Crippen molar-refractivity contribution in [3.8, 4) is 0 Å². The molecular formula is C17H17Cl2NO3. The Bertz CT molecular complexity index is 679. The van der Waals surface area contributed by atoms with E-state index in [2.05, 4.69) is 4.90 Å². The van der Waals surface area contributed by atoms with Crippen LogP contribution in [0.3, 0.4) is 0 Å². The van der Waals surface area contributed by atoms with Crippen molar-refractivity contribution in [1.82, 2.24) is 4.90 Å². The summed E-state index contributed by atoms with van der Waals surface area (Å²) in [6.07, 6.45) is 2.86. The first kappa shape index (κ1) is 16.4. The molecule has 1 aliphatic rings. The summed E-state index contributed by atoms with van der Waals surface area (Å²) in [5, 5.41) is 10.2. The normalized spacial score (nSPS) is 18.0. The van der Waals surface area contributed by atoms with E-state index in [1.165, 1.54) is 0 Å². The lowest BCUT2D eigenvalue weighted by Gasteiger charge is -2.36. The van der Waals surface area contributed by atoms with Crippen molar-refractivity contribution in [3.05, 3.63) is 58.0 Å². The molecular weight excluding hydrogens is 337 g/mol. The van der Waals surface area contributed by atoms with Crippen LogP contribution >= 0.6 is 23.2 Å².